The minimum Gasteiger partial charge on any atom is -0.493 e. The summed E-state index contributed by atoms with van der Waals surface area (Å²) < 4.78 is 32.7. The van der Waals surface area contributed by atoms with Crippen LogP contribution in [-0.4, -0.2) is 37.0 Å². The average molecular weight is 388 g/mol. The quantitative estimate of drug-likeness (QED) is 0.732. The Morgan fingerprint density at radius 3 is 2.93 bits per heavy atom. The van der Waals surface area contributed by atoms with E-state index in [4.69, 9.17) is 4.74 Å². The van der Waals surface area contributed by atoms with Gasteiger partial charge < -0.3 is 4.74 Å². The number of rotatable bonds is 2. The fraction of sp³-hybridized carbons (Fsp3) is 0.571. The van der Waals surface area contributed by atoms with Gasteiger partial charge in [-0.25, -0.2) is 12.7 Å². The SMILES string of the molecule is CC1(C)C2CC[C@]13CS(=O)(=O)N(C(=O)/C=C/c1cccc4c1CCO4)[C@@H]3C2. The van der Waals surface area contributed by atoms with Gasteiger partial charge in [-0.05, 0) is 48.3 Å². The van der Waals surface area contributed by atoms with Crippen LogP contribution in [0.4, 0.5) is 0 Å². The summed E-state index contributed by atoms with van der Waals surface area (Å²) in [6, 6.07) is 5.58. The van der Waals surface area contributed by atoms with Crippen LogP contribution in [0.25, 0.3) is 6.08 Å². The summed E-state index contributed by atoms with van der Waals surface area (Å²) in [7, 11) is -3.57. The Labute approximate surface area is 160 Å². The van der Waals surface area contributed by atoms with E-state index in [2.05, 4.69) is 13.8 Å². The Kier molecular flexibility index (Phi) is 3.44. The Balaban J connectivity index is 1.47. The predicted molar refractivity (Wildman–Crippen MR) is 103 cm³/mol. The van der Waals surface area contributed by atoms with Crippen LogP contribution < -0.4 is 4.74 Å². The summed E-state index contributed by atoms with van der Waals surface area (Å²) in [5.74, 6) is 1.07. The van der Waals surface area contributed by atoms with Gasteiger partial charge in [-0.3, -0.25) is 4.79 Å². The van der Waals surface area contributed by atoms with Gasteiger partial charge in [0.15, 0.2) is 0 Å². The van der Waals surface area contributed by atoms with Gasteiger partial charge in [-0.15, -0.1) is 0 Å². The molecule has 3 atom stereocenters. The van der Waals surface area contributed by atoms with Gasteiger partial charge in [0.05, 0.1) is 18.4 Å². The molecule has 2 bridgehead atoms. The molecule has 1 spiro atoms. The van der Waals surface area contributed by atoms with Gasteiger partial charge in [0.1, 0.15) is 5.75 Å². The number of hydrogen-bond donors (Lipinski definition) is 0. The lowest BCUT2D eigenvalue weighted by Crippen LogP contribution is -2.43. The molecule has 6 heteroatoms. The lowest BCUT2D eigenvalue weighted by Gasteiger charge is -2.36. The molecular formula is C21H25NO4S. The third-order valence-corrected chi connectivity index (χ3v) is 9.73. The van der Waals surface area contributed by atoms with Gasteiger partial charge >= 0.3 is 0 Å². The zero-order chi connectivity index (χ0) is 19.0. The second kappa shape index (κ2) is 5.37. The van der Waals surface area contributed by atoms with Gasteiger partial charge in [0.25, 0.3) is 5.91 Å². The van der Waals surface area contributed by atoms with E-state index >= 15 is 0 Å². The van der Waals surface area contributed by atoms with Crippen LogP contribution >= 0.6 is 0 Å². The number of carbonyl (C=O) groups excluding carboxylic acids is 1. The smallest absolute Gasteiger partial charge is 0.260 e. The third-order valence-electron chi connectivity index (χ3n) is 7.81. The summed E-state index contributed by atoms with van der Waals surface area (Å²) in [5.41, 5.74) is 1.71. The topological polar surface area (TPSA) is 63.7 Å². The summed E-state index contributed by atoms with van der Waals surface area (Å²) in [6.07, 6.45) is 6.78. The summed E-state index contributed by atoms with van der Waals surface area (Å²) in [6.45, 7) is 5.03. The van der Waals surface area contributed by atoms with Crippen molar-refractivity contribution in [1.29, 1.82) is 0 Å². The zero-order valence-corrected chi connectivity index (χ0v) is 16.6. The highest BCUT2D eigenvalue weighted by Gasteiger charge is 2.72. The molecule has 0 aromatic heterocycles. The molecule has 144 valence electrons. The molecule has 2 aliphatic carbocycles. The lowest BCUT2D eigenvalue weighted by molar-refractivity contribution is -0.123. The third kappa shape index (κ3) is 2.16. The van der Waals surface area contributed by atoms with Crippen LogP contribution in [0.1, 0.15) is 44.2 Å². The second-order valence-corrected chi connectivity index (χ2v) is 10.9. The van der Waals surface area contributed by atoms with Crippen LogP contribution in [0.15, 0.2) is 24.3 Å². The highest BCUT2D eigenvalue weighted by atomic mass is 32.2. The average Bonchev–Trinajstić information content (AvgIpc) is 3.28. The van der Waals surface area contributed by atoms with Gasteiger partial charge in [-0.2, -0.15) is 0 Å². The van der Waals surface area contributed by atoms with Crippen LogP contribution in [0.5, 0.6) is 5.75 Å². The summed E-state index contributed by atoms with van der Waals surface area (Å²) >= 11 is 0. The van der Waals surface area contributed by atoms with Crippen molar-refractivity contribution in [2.24, 2.45) is 16.7 Å². The van der Waals surface area contributed by atoms with E-state index < -0.39 is 15.9 Å². The molecule has 1 aromatic carbocycles. The highest BCUT2D eigenvalue weighted by molar-refractivity contribution is 7.90. The molecule has 5 rings (SSSR count). The van der Waals surface area contributed by atoms with Crippen LogP contribution in [0, 0.1) is 16.7 Å². The molecule has 5 nitrogen and oxygen atoms in total. The second-order valence-electron chi connectivity index (χ2n) is 9.01. The fourth-order valence-corrected chi connectivity index (χ4v) is 8.73. The van der Waals surface area contributed by atoms with Crippen molar-refractivity contribution in [2.45, 2.75) is 45.6 Å². The molecule has 1 amide bonds. The Hall–Kier alpha value is -1.82. The maximum absolute atomic E-state index is 13.0. The number of amides is 1. The number of carbonyl (C=O) groups is 1. The molecule has 4 aliphatic rings. The maximum Gasteiger partial charge on any atom is 0.260 e. The minimum atomic E-state index is -3.57. The summed E-state index contributed by atoms with van der Waals surface area (Å²) in [5, 5.41) is 0. The van der Waals surface area contributed by atoms with Crippen molar-refractivity contribution in [3.8, 4) is 5.75 Å². The number of nitrogens with zero attached hydrogens (tertiary/aromatic N) is 1. The molecule has 2 saturated carbocycles. The molecule has 1 aromatic rings. The Morgan fingerprint density at radius 1 is 1.33 bits per heavy atom. The van der Waals surface area contributed by atoms with Crippen LogP contribution in [0.2, 0.25) is 0 Å². The molecule has 1 saturated heterocycles. The minimum absolute atomic E-state index is 0.0267. The predicted octanol–water partition coefficient (Wildman–Crippen LogP) is 3.00. The standard InChI is InChI=1S/C21H25NO4S/c1-20(2)15-8-10-21(20)13-27(24,25)22(18(21)12-15)19(23)7-6-14-4-3-5-17-16(14)9-11-26-17/h3-7,15,18H,8-13H2,1-2H3/b7-6+/t15?,18-,21-/m1/s1. The van der Waals surface area contributed by atoms with E-state index in [-0.39, 0.29) is 22.6 Å². The van der Waals surface area contributed by atoms with Crippen LogP contribution in [-0.2, 0) is 21.2 Å². The van der Waals surface area contributed by atoms with Crippen LogP contribution in [0.3, 0.4) is 0 Å². The van der Waals surface area contributed by atoms with Crippen molar-refractivity contribution in [2.75, 3.05) is 12.4 Å². The Morgan fingerprint density at radius 2 is 2.15 bits per heavy atom. The molecule has 27 heavy (non-hydrogen) atoms. The van der Waals surface area contributed by atoms with Gasteiger partial charge in [-0.1, -0.05) is 26.0 Å². The number of hydrogen-bond acceptors (Lipinski definition) is 4. The molecule has 2 aliphatic heterocycles. The van der Waals surface area contributed by atoms with Crippen molar-refractivity contribution in [3.63, 3.8) is 0 Å². The van der Waals surface area contributed by atoms with Crippen molar-refractivity contribution >= 4 is 22.0 Å². The van der Waals surface area contributed by atoms with E-state index in [0.29, 0.717) is 12.5 Å². The van der Waals surface area contributed by atoms with E-state index in [1.54, 1.807) is 6.08 Å². The number of benzene rings is 1. The molecule has 0 radical (unpaired) electrons. The molecule has 3 fully saturated rings. The van der Waals surface area contributed by atoms with E-state index in [9.17, 15) is 13.2 Å². The molecule has 0 N–H and O–H groups in total. The van der Waals surface area contributed by atoms with E-state index in [0.717, 1.165) is 42.6 Å². The van der Waals surface area contributed by atoms with Crippen molar-refractivity contribution < 1.29 is 17.9 Å². The number of ether oxygens (including phenoxy) is 1. The van der Waals surface area contributed by atoms with Gasteiger partial charge in [0, 0.05) is 23.5 Å². The monoisotopic (exact) mass is 387 g/mol. The van der Waals surface area contributed by atoms with Gasteiger partial charge in [0.2, 0.25) is 10.0 Å². The summed E-state index contributed by atoms with van der Waals surface area (Å²) in [4.78, 5) is 13.0. The zero-order valence-electron chi connectivity index (χ0n) is 15.8. The maximum atomic E-state index is 13.0. The number of fused-ring (bicyclic) bond motifs is 2. The fourth-order valence-electron chi connectivity index (χ4n) is 6.22. The Bertz CT molecular complexity index is 964. The first-order valence-electron chi connectivity index (χ1n) is 9.75. The van der Waals surface area contributed by atoms with E-state index in [1.807, 2.05) is 18.2 Å². The molecule has 1 unspecified atom stereocenters. The first-order valence-corrected chi connectivity index (χ1v) is 11.4. The molecule has 2 heterocycles. The van der Waals surface area contributed by atoms with Crippen molar-refractivity contribution in [3.05, 3.63) is 35.4 Å². The highest BCUT2D eigenvalue weighted by Crippen LogP contribution is 2.69. The first-order chi connectivity index (χ1) is 12.8. The normalized spacial score (nSPS) is 34.7. The first kappa shape index (κ1) is 17.3. The van der Waals surface area contributed by atoms with Crippen molar-refractivity contribution in [1.82, 2.24) is 4.31 Å². The number of sulfonamides is 1. The van der Waals surface area contributed by atoms with E-state index in [1.165, 1.54) is 10.4 Å². The lowest BCUT2D eigenvalue weighted by atomic mass is 9.69. The largest absolute Gasteiger partial charge is 0.493 e. The molecular weight excluding hydrogens is 362 g/mol.